The Balaban J connectivity index is 0.000000146. The van der Waals surface area contributed by atoms with Crippen molar-refractivity contribution in [2.45, 2.75) is 57.0 Å². The number of rotatable bonds is 0. The van der Waals surface area contributed by atoms with E-state index in [9.17, 15) is 9.90 Å². The number of ketones is 1. The second kappa shape index (κ2) is 5.17. The molecule has 0 atom stereocenters. The summed E-state index contributed by atoms with van der Waals surface area (Å²) in [6.07, 6.45) is 12.8. The highest BCUT2D eigenvalue weighted by molar-refractivity contribution is 5.79. The summed E-state index contributed by atoms with van der Waals surface area (Å²) in [7, 11) is 0. The Labute approximate surface area is 85.7 Å². The third-order valence-corrected chi connectivity index (χ3v) is 2.86. The van der Waals surface area contributed by atoms with E-state index in [-0.39, 0.29) is 0 Å². The zero-order valence-electron chi connectivity index (χ0n) is 8.59. The zero-order valence-corrected chi connectivity index (χ0v) is 8.59. The summed E-state index contributed by atoms with van der Waals surface area (Å²) in [5.41, 5.74) is -0.736. The normalized spacial score (nSPS) is 23.9. The average Bonchev–Trinajstić information content (AvgIpc) is 2.79. The molecule has 78 valence electrons. The smallest absolute Gasteiger partial charge is 0.132 e. The van der Waals surface area contributed by atoms with Gasteiger partial charge >= 0.3 is 0 Å². The SMILES string of the molecule is C#CC1(O)CCCC1.O=C1CCCC1. The van der Waals surface area contributed by atoms with Crippen molar-refractivity contribution in [3.63, 3.8) is 0 Å². The summed E-state index contributed by atoms with van der Waals surface area (Å²) >= 11 is 0. The predicted molar refractivity (Wildman–Crippen MR) is 55.7 cm³/mol. The second-order valence-electron chi connectivity index (χ2n) is 4.13. The molecule has 0 aromatic heterocycles. The molecule has 14 heavy (non-hydrogen) atoms. The van der Waals surface area contributed by atoms with Gasteiger partial charge in [-0.3, -0.25) is 4.79 Å². The van der Waals surface area contributed by atoms with E-state index >= 15 is 0 Å². The van der Waals surface area contributed by atoms with Gasteiger partial charge in [-0.25, -0.2) is 0 Å². The van der Waals surface area contributed by atoms with Crippen molar-refractivity contribution in [2.75, 3.05) is 0 Å². The Hall–Kier alpha value is -0.810. The van der Waals surface area contributed by atoms with E-state index in [2.05, 4.69) is 5.92 Å². The Kier molecular flexibility index (Phi) is 4.16. The molecule has 0 aliphatic heterocycles. The van der Waals surface area contributed by atoms with Gasteiger partial charge in [0.05, 0.1) is 0 Å². The van der Waals surface area contributed by atoms with E-state index in [1.165, 1.54) is 0 Å². The van der Waals surface area contributed by atoms with Crippen LogP contribution in [-0.4, -0.2) is 16.5 Å². The summed E-state index contributed by atoms with van der Waals surface area (Å²) in [6.45, 7) is 0. The highest BCUT2D eigenvalue weighted by Gasteiger charge is 2.27. The van der Waals surface area contributed by atoms with Crippen LogP contribution in [0.25, 0.3) is 0 Å². The van der Waals surface area contributed by atoms with E-state index < -0.39 is 5.60 Å². The molecule has 0 saturated heterocycles. The summed E-state index contributed by atoms with van der Waals surface area (Å²) in [4.78, 5) is 10.2. The molecule has 0 spiro atoms. The van der Waals surface area contributed by atoms with Gasteiger partial charge in [0.2, 0.25) is 0 Å². The fourth-order valence-electron chi connectivity index (χ4n) is 1.87. The lowest BCUT2D eigenvalue weighted by molar-refractivity contribution is -0.117. The van der Waals surface area contributed by atoms with Gasteiger partial charge in [-0.1, -0.05) is 5.92 Å². The molecule has 0 amide bonds. The van der Waals surface area contributed by atoms with Crippen LogP contribution in [0, 0.1) is 12.3 Å². The fourth-order valence-corrected chi connectivity index (χ4v) is 1.87. The van der Waals surface area contributed by atoms with Crippen LogP contribution in [-0.2, 0) is 4.79 Å². The van der Waals surface area contributed by atoms with Gasteiger partial charge in [-0.15, -0.1) is 6.42 Å². The van der Waals surface area contributed by atoms with Crippen LogP contribution >= 0.6 is 0 Å². The summed E-state index contributed by atoms with van der Waals surface area (Å²) in [5.74, 6) is 2.85. The number of hydrogen-bond acceptors (Lipinski definition) is 2. The molecule has 2 aliphatic rings. The quantitative estimate of drug-likeness (QED) is 0.599. The van der Waals surface area contributed by atoms with Crippen LogP contribution in [0.2, 0.25) is 0 Å². The van der Waals surface area contributed by atoms with Crippen molar-refractivity contribution in [3.8, 4) is 12.3 Å². The van der Waals surface area contributed by atoms with E-state index in [1.54, 1.807) is 0 Å². The number of Topliss-reactive ketones (excluding diaryl/α,β-unsaturated/α-hetero) is 1. The lowest BCUT2D eigenvalue weighted by Gasteiger charge is -2.11. The van der Waals surface area contributed by atoms with E-state index in [0.29, 0.717) is 5.78 Å². The largest absolute Gasteiger partial charge is 0.378 e. The fraction of sp³-hybridized carbons (Fsp3) is 0.750. The lowest BCUT2D eigenvalue weighted by atomic mass is 10.1. The van der Waals surface area contributed by atoms with Gasteiger partial charge in [0.25, 0.3) is 0 Å². The zero-order chi connectivity index (χ0) is 10.4. The van der Waals surface area contributed by atoms with Gasteiger partial charge in [-0.2, -0.15) is 0 Å². The van der Waals surface area contributed by atoms with E-state index in [1.807, 2.05) is 0 Å². The number of hydrogen-bond donors (Lipinski definition) is 1. The van der Waals surface area contributed by atoms with Crippen molar-refractivity contribution in [2.24, 2.45) is 0 Å². The first-order valence-corrected chi connectivity index (χ1v) is 5.38. The molecule has 2 rings (SSSR count). The molecule has 0 unspecified atom stereocenters. The molecule has 2 aliphatic carbocycles. The first-order chi connectivity index (χ1) is 6.66. The maximum absolute atomic E-state index is 10.2. The van der Waals surface area contributed by atoms with Crippen molar-refractivity contribution < 1.29 is 9.90 Å². The molecule has 2 fully saturated rings. The summed E-state index contributed by atoms with van der Waals surface area (Å²) < 4.78 is 0. The van der Waals surface area contributed by atoms with Crippen molar-refractivity contribution >= 4 is 5.78 Å². The van der Waals surface area contributed by atoms with Crippen molar-refractivity contribution in [3.05, 3.63) is 0 Å². The molecular weight excluding hydrogens is 176 g/mol. The Morgan fingerprint density at radius 2 is 1.64 bits per heavy atom. The van der Waals surface area contributed by atoms with E-state index in [0.717, 1.165) is 51.4 Å². The van der Waals surface area contributed by atoms with Crippen LogP contribution in [0.4, 0.5) is 0 Å². The highest BCUT2D eigenvalue weighted by Crippen LogP contribution is 2.27. The Morgan fingerprint density at radius 1 is 1.14 bits per heavy atom. The maximum atomic E-state index is 10.2. The Morgan fingerprint density at radius 3 is 1.86 bits per heavy atom. The van der Waals surface area contributed by atoms with E-state index in [4.69, 9.17) is 6.42 Å². The van der Waals surface area contributed by atoms with Crippen LogP contribution in [0.1, 0.15) is 51.4 Å². The van der Waals surface area contributed by atoms with Crippen LogP contribution in [0.5, 0.6) is 0 Å². The van der Waals surface area contributed by atoms with Gasteiger partial charge in [0.1, 0.15) is 11.4 Å². The van der Waals surface area contributed by atoms with Crippen LogP contribution in [0.3, 0.4) is 0 Å². The van der Waals surface area contributed by atoms with Crippen molar-refractivity contribution in [1.29, 1.82) is 0 Å². The molecule has 1 N–H and O–H groups in total. The van der Waals surface area contributed by atoms with Gasteiger partial charge in [0.15, 0.2) is 0 Å². The third kappa shape index (κ3) is 3.51. The number of carbonyl (C=O) groups excluding carboxylic acids is 1. The minimum Gasteiger partial charge on any atom is -0.378 e. The predicted octanol–water partition coefficient (Wildman–Crippen LogP) is 2.05. The average molecular weight is 194 g/mol. The maximum Gasteiger partial charge on any atom is 0.132 e. The standard InChI is InChI=1S/C7H10O.C5H8O/c1-2-7(8)5-3-4-6-7;6-5-3-1-2-4-5/h1,8H,3-6H2;1-4H2. The number of terminal acetylenes is 1. The van der Waals surface area contributed by atoms with Gasteiger partial charge < -0.3 is 5.11 Å². The molecule has 2 heteroatoms. The Bertz CT molecular complexity index is 223. The molecule has 2 saturated carbocycles. The molecule has 0 radical (unpaired) electrons. The highest BCUT2D eigenvalue weighted by atomic mass is 16.3. The first-order valence-electron chi connectivity index (χ1n) is 5.38. The summed E-state index contributed by atoms with van der Waals surface area (Å²) in [6, 6.07) is 0. The monoisotopic (exact) mass is 194 g/mol. The molecule has 0 bridgehead atoms. The minimum absolute atomic E-state index is 0.454. The van der Waals surface area contributed by atoms with Crippen LogP contribution < -0.4 is 0 Å². The second-order valence-corrected chi connectivity index (χ2v) is 4.13. The number of carbonyl (C=O) groups is 1. The lowest BCUT2D eigenvalue weighted by Crippen LogP contribution is -2.20. The summed E-state index contributed by atoms with van der Waals surface area (Å²) in [5, 5.41) is 9.26. The first kappa shape index (κ1) is 11.3. The molecule has 0 heterocycles. The minimum atomic E-state index is -0.736. The topological polar surface area (TPSA) is 37.3 Å². The molecular formula is C12H18O2. The van der Waals surface area contributed by atoms with Gasteiger partial charge in [-0.05, 0) is 38.5 Å². The molecule has 0 aromatic rings. The van der Waals surface area contributed by atoms with Crippen molar-refractivity contribution in [1.82, 2.24) is 0 Å². The van der Waals surface area contributed by atoms with Crippen LogP contribution in [0.15, 0.2) is 0 Å². The third-order valence-electron chi connectivity index (χ3n) is 2.86. The van der Waals surface area contributed by atoms with Gasteiger partial charge in [0, 0.05) is 12.8 Å². The molecule has 2 nitrogen and oxygen atoms in total. The number of aliphatic hydroxyl groups is 1. The molecule has 0 aromatic carbocycles.